The van der Waals surface area contributed by atoms with Gasteiger partial charge in [0.25, 0.3) is 11.5 Å². The number of methoxy groups -OCH3 is 1. The fourth-order valence-corrected chi connectivity index (χ4v) is 1.66. The lowest BCUT2D eigenvalue weighted by Gasteiger charge is -2.09. The minimum atomic E-state index is -0.455. The maximum Gasteiger partial charge on any atom is 0.320 e. The summed E-state index contributed by atoms with van der Waals surface area (Å²) >= 11 is 1.88. The summed E-state index contributed by atoms with van der Waals surface area (Å²) in [7, 11) is 2.89. The van der Waals surface area contributed by atoms with Crippen molar-refractivity contribution >= 4 is 34.5 Å². The van der Waals surface area contributed by atoms with Crippen LogP contribution in [0.15, 0.2) is 23.1 Å². The van der Waals surface area contributed by atoms with Gasteiger partial charge >= 0.3 is 5.97 Å². The monoisotopic (exact) mass is 364 g/mol. The zero-order valence-electron chi connectivity index (χ0n) is 9.97. The maximum atomic E-state index is 11.7. The molecule has 1 unspecified atom stereocenters. The molecule has 1 rings (SSSR count). The number of halogens is 1. The zero-order valence-corrected chi connectivity index (χ0v) is 12.1. The van der Waals surface area contributed by atoms with Gasteiger partial charge in [0.05, 0.1) is 7.11 Å². The molecule has 1 atom stereocenters. The highest BCUT2D eigenvalue weighted by Gasteiger charge is 2.16. The van der Waals surface area contributed by atoms with E-state index in [4.69, 9.17) is 0 Å². The number of ether oxygens (including phenoxy) is 1. The molecule has 0 fully saturated rings. The van der Waals surface area contributed by atoms with Crippen molar-refractivity contribution in [3.05, 3.63) is 34.2 Å². The van der Waals surface area contributed by atoms with E-state index < -0.39 is 15.8 Å². The van der Waals surface area contributed by atoms with E-state index in [1.165, 1.54) is 30.0 Å². The molecule has 98 valence electrons. The number of aromatic nitrogens is 1. The van der Waals surface area contributed by atoms with Crippen molar-refractivity contribution in [3.63, 3.8) is 0 Å². The normalized spacial score (nSPS) is 11.7. The molecular weight excluding hydrogens is 351 g/mol. The average Bonchev–Trinajstić information content (AvgIpc) is 2.37. The third-order valence-electron chi connectivity index (χ3n) is 2.27. The van der Waals surface area contributed by atoms with Gasteiger partial charge < -0.3 is 14.6 Å². The van der Waals surface area contributed by atoms with Crippen molar-refractivity contribution in [1.82, 2.24) is 9.88 Å². The van der Waals surface area contributed by atoms with Gasteiger partial charge in [0.1, 0.15) is 3.92 Å². The van der Waals surface area contributed by atoms with Gasteiger partial charge in [-0.1, -0.05) is 22.6 Å². The minimum Gasteiger partial charge on any atom is -0.468 e. The molecular formula is C11H13IN2O4. The van der Waals surface area contributed by atoms with E-state index in [1.807, 2.05) is 22.6 Å². The van der Waals surface area contributed by atoms with E-state index >= 15 is 0 Å². The summed E-state index contributed by atoms with van der Waals surface area (Å²) in [6.07, 6.45) is 1.51. The Labute approximate surface area is 117 Å². The number of amides is 1. The first-order valence-electron chi connectivity index (χ1n) is 5.12. The number of aryl methyl sites for hydroxylation is 1. The number of alkyl halides is 1. The van der Waals surface area contributed by atoms with E-state index in [0.717, 1.165) is 0 Å². The third kappa shape index (κ3) is 3.83. The van der Waals surface area contributed by atoms with Gasteiger partial charge in [-0.05, 0) is 6.07 Å². The molecule has 0 aliphatic heterocycles. The summed E-state index contributed by atoms with van der Waals surface area (Å²) in [6, 6.07) is 2.78. The summed E-state index contributed by atoms with van der Waals surface area (Å²) in [5, 5.41) is 2.57. The van der Waals surface area contributed by atoms with Gasteiger partial charge in [0, 0.05) is 31.4 Å². The van der Waals surface area contributed by atoms with Gasteiger partial charge in [-0.3, -0.25) is 14.4 Å². The summed E-state index contributed by atoms with van der Waals surface area (Å²) < 4.78 is 5.45. The first-order chi connectivity index (χ1) is 8.45. The van der Waals surface area contributed by atoms with Crippen LogP contribution in [-0.2, 0) is 16.6 Å². The number of carbonyl (C=O) groups excluding carboxylic acids is 2. The lowest BCUT2D eigenvalue weighted by atomic mass is 10.2. The summed E-state index contributed by atoms with van der Waals surface area (Å²) in [5.74, 6) is -0.793. The number of esters is 1. The molecule has 7 heteroatoms. The van der Waals surface area contributed by atoms with Crippen LogP contribution in [0.2, 0.25) is 0 Å². The van der Waals surface area contributed by atoms with Crippen LogP contribution in [-0.4, -0.2) is 34.0 Å². The quantitative estimate of drug-likeness (QED) is 0.467. The number of rotatable bonds is 4. The van der Waals surface area contributed by atoms with Crippen molar-refractivity contribution in [3.8, 4) is 0 Å². The Hall–Kier alpha value is -1.38. The SMILES string of the molecule is COC(=O)C(I)CNC(=O)c1ccn(C)c(=O)c1. The van der Waals surface area contributed by atoms with E-state index in [-0.39, 0.29) is 17.7 Å². The first kappa shape index (κ1) is 14.7. The first-order valence-corrected chi connectivity index (χ1v) is 6.37. The molecule has 1 aromatic heterocycles. The number of nitrogens with zero attached hydrogens (tertiary/aromatic N) is 1. The molecule has 0 aliphatic carbocycles. The lowest BCUT2D eigenvalue weighted by Crippen LogP contribution is -2.34. The molecule has 1 heterocycles. The van der Waals surface area contributed by atoms with E-state index in [0.29, 0.717) is 0 Å². The number of pyridine rings is 1. The van der Waals surface area contributed by atoms with Crippen LogP contribution in [0.1, 0.15) is 10.4 Å². The van der Waals surface area contributed by atoms with Crippen molar-refractivity contribution in [2.45, 2.75) is 3.92 Å². The van der Waals surface area contributed by atoms with Crippen LogP contribution in [0, 0.1) is 0 Å². The Morgan fingerprint density at radius 1 is 1.56 bits per heavy atom. The Balaban J connectivity index is 2.63. The second kappa shape index (κ2) is 6.53. The molecule has 0 aliphatic rings. The van der Waals surface area contributed by atoms with Crippen LogP contribution < -0.4 is 10.9 Å². The van der Waals surface area contributed by atoms with Crippen LogP contribution in [0.5, 0.6) is 0 Å². The topological polar surface area (TPSA) is 77.4 Å². The van der Waals surface area contributed by atoms with E-state index in [2.05, 4.69) is 10.1 Å². The van der Waals surface area contributed by atoms with E-state index in [1.54, 1.807) is 7.05 Å². The van der Waals surface area contributed by atoms with Gasteiger partial charge in [0.15, 0.2) is 0 Å². The van der Waals surface area contributed by atoms with Gasteiger partial charge in [-0.25, -0.2) is 0 Å². The van der Waals surface area contributed by atoms with Crippen LogP contribution >= 0.6 is 22.6 Å². The number of hydrogen-bond acceptors (Lipinski definition) is 4. The smallest absolute Gasteiger partial charge is 0.320 e. The lowest BCUT2D eigenvalue weighted by molar-refractivity contribution is -0.139. The zero-order chi connectivity index (χ0) is 13.7. The highest BCUT2D eigenvalue weighted by Crippen LogP contribution is 2.02. The van der Waals surface area contributed by atoms with Crippen molar-refractivity contribution in [2.24, 2.45) is 7.05 Å². The Morgan fingerprint density at radius 3 is 2.78 bits per heavy atom. The number of hydrogen-bond donors (Lipinski definition) is 1. The molecule has 1 aromatic rings. The molecule has 0 saturated heterocycles. The predicted molar refractivity (Wildman–Crippen MR) is 73.8 cm³/mol. The largest absolute Gasteiger partial charge is 0.468 e. The predicted octanol–water partition coefficient (Wildman–Crippen LogP) is 0.0917. The molecule has 18 heavy (non-hydrogen) atoms. The summed E-state index contributed by atoms with van der Waals surface area (Å²) in [6.45, 7) is 0.154. The van der Waals surface area contributed by atoms with Crippen LogP contribution in [0.4, 0.5) is 0 Å². The summed E-state index contributed by atoms with van der Waals surface area (Å²) in [4.78, 5) is 34.2. The second-order valence-corrected chi connectivity index (χ2v) is 5.07. The van der Waals surface area contributed by atoms with Crippen molar-refractivity contribution in [1.29, 1.82) is 0 Å². The van der Waals surface area contributed by atoms with Crippen molar-refractivity contribution < 1.29 is 14.3 Å². The molecule has 1 amide bonds. The Kier molecular flexibility index (Phi) is 5.32. The number of carbonyl (C=O) groups is 2. The molecule has 6 nitrogen and oxygen atoms in total. The van der Waals surface area contributed by atoms with Gasteiger partial charge in [-0.15, -0.1) is 0 Å². The average molecular weight is 364 g/mol. The maximum absolute atomic E-state index is 11.7. The Bertz CT molecular complexity index is 512. The third-order valence-corrected chi connectivity index (χ3v) is 3.21. The van der Waals surface area contributed by atoms with Gasteiger partial charge in [0.2, 0.25) is 0 Å². The molecule has 0 saturated carbocycles. The van der Waals surface area contributed by atoms with Crippen molar-refractivity contribution in [2.75, 3.05) is 13.7 Å². The highest BCUT2D eigenvalue weighted by molar-refractivity contribution is 14.1. The fourth-order valence-electron chi connectivity index (χ4n) is 1.19. The highest BCUT2D eigenvalue weighted by atomic mass is 127. The fraction of sp³-hybridized carbons (Fsp3) is 0.364. The van der Waals surface area contributed by atoms with Crippen LogP contribution in [0.25, 0.3) is 0 Å². The van der Waals surface area contributed by atoms with Gasteiger partial charge in [-0.2, -0.15) is 0 Å². The molecule has 0 aromatic carbocycles. The Morgan fingerprint density at radius 2 is 2.22 bits per heavy atom. The molecule has 0 spiro atoms. The summed E-state index contributed by atoms with van der Waals surface area (Å²) in [5.41, 5.74) is 0.00760. The molecule has 0 radical (unpaired) electrons. The standard InChI is InChI=1S/C11H13IN2O4/c1-14-4-3-7(5-9(14)15)10(16)13-6-8(12)11(17)18-2/h3-5,8H,6H2,1-2H3,(H,13,16). The van der Waals surface area contributed by atoms with Crippen LogP contribution in [0.3, 0.4) is 0 Å². The molecule has 0 bridgehead atoms. The van der Waals surface area contributed by atoms with E-state index in [9.17, 15) is 14.4 Å². The second-order valence-electron chi connectivity index (χ2n) is 3.57. The molecule has 1 N–H and O–H groups in total. The minimum absolute atomic E-state index is 0.154. The number of nitrogens with one attached hydrogen (secondary N) is 1.